The van der Waals surface area contributed by atoms with Gasteiger partial charge in [-0.1, -0.05) is 6.07 Å². The third-order valence-corrected chi connectivity index (χ3v) is 5.61. The van der Waals surface area contributed by atoms with Crippen molar-refractivity contribution < 1.29 is 14.8 Å². The molecule has 0 bridgehead atoms. The van der Waals surface area contributed by atoms with Gasteiger partial charge in [-0.2, -0.15) is 0 Å². The van der Waals surface area contributed by atoms with Crippen LogP contribution in [0.5, 0.6) is 5.75 Å². The number of nitro benzene ring substituents is 1. The van der Waals surface area contributed by atoms with E-state index in [0.29, 0.717) is 12.3 Å². The molecule has 1 fully saturated rings. The van der Waals surface area contributed by atoms with Crippen LogP contribution in [0.15, 0.2) is 41.8 Å². The first-order valence-electron chi connectivity index (χ1n) is 9.12. The Balaban J connectivity index is 1.33. The van der Waals surface area contributed by atoms with Gasteiger partial charge in [-0.05, 0) is 30.0 Å². The number of non-ortho nitro benzene ring substituents is 1. The molecule has 0 radical (unpaired) electrons. The lowest BCUT2D eigenvalue weighted by Crippen LogP contribution is -2.49. The molecule has 1 aliphatic rings. The van der Waals surface area contributed by atoms with Gasteiger partial charge in [-0.15, -0.1) is 11.3 Å². The summed E-state index contributed by atoms with van der Waals surface area (Å²) in [7, 11) is 0. The molecule has 1 atom stereocenters. The van der Waals surface area contributed by atoms with Crippen molar-refractivity contribution in [2.45, 2.75) is 12.5 Å². The van der Waals surface area contributed by atoms with Crippen molar-refractivity contribution in [1.82, 2.24) is 9.80 Å². The van der Waals surface area contributed by atoms with Gasteiger partial charge in [-0.3, -0.25) is 15.0 Å². The molecule has 0 spiro atoms. The van der Waals surface area contributed by atoms with Crippen molar-refractivity contribution in [3.05, 3.63) is 56.8 Å². The molecular formula is C19H25N3O4S. The monoisotopic (exact) mass is 391 g/mol. The molecule has 1 saturated heterocycles. The second-order valence-electron chi connectivity index (χ2n) is 6.69. The highest BCUT2D eigenvalue weighted by Gasteiger charge is 2.19. The van der Waals surface area contributed by atoms with Crippen LogP contribution < -0.4 is 4.74 Å². The molecule has 1 aromatic heterocycles. The number of thiophene rings is 1. The lowest BCUT2D eigenvalue weighted by Gasteiger charge is -2.35. The van der Waals surface area contributed by atoms with Gasteiger partial charge in [0.1, 0.15) is 18.5 Å². The van der Waals surface area contributed by atoms with E-state index in [-0.39, 0.29) is 12.3 Å². The third-order valence-electron chi connectivity index (χ3n) is 4.68. The SMILES string of the molecule is O=[N+]([O-])c1ccc(OCC(O)CN2CCN(CCc3cccs3)CC2)cc1. The molecule has 27 heavy (non-hydrogen) atoms. The fourth-order valence-corrected chi connectivity index (χ4v) is 3.82. The van der Waals surface area contributed by atoms with Crippen LogP contribution in [0.4, 0.5) is 5.69 Å². The number of hydrogen-bond acceptors (Lipinski definition) is 7. The van der Waals surface area contributed by atoms with Crippen molar-refractivity contribution in [3.8, 4) is 5.75 Å². The predicted octanol–water partition coefficient (Wildman–Crippen LogP) is 2.26. The summed E-state index contributed by atoms with van der Waals surface area (Å²) in [5, 5.41) is 23.0. The second kappa shape index (κ2) is 9.80. The zero-order valence-corrected chi connectivity index (χ0v) is 16.0. The minimum Gasteiger partial charge on any atom is -0.491 e. The molecule has 0 saturated carbocycles. The molecule has 2 heterocycles. The van der Waals surface area contributed by atoms with Gasteiger partial charge in [-0.25, -0.2) is 0 Å². The zero-order chi connectivity index (χ0) is 19.1. The summed E-state index contributed by atoms with van der Waals surface area (Å²) in [4.78, 5) is 16.3. The van der Waals surface area contributed by atoms with E-state index < -0.39 is 11.0 Å². The Morgan fingerprint density at radius 3 is 2.48 bits per heavy atom. The summed E-state index contributed by atoms with van der Waals surface area (Å²) < 4.78 is 5.54. The molecule has 146 valence electrons. The number of nitro groups is 1. The highest BCUT2D eigenvalue weighted by Crippen LogP contribution is 2.17. The number of β-amino-alcohol motifs (C(OH)–C–C–N with tert-alkyl or cyclic N) is 1. The fourth-order valence-electron chi connectivity index (χ4n) is 3.13. The number of ether oxygens (including phenoxy) is 1. The third kappa shape index (κ3) is 6.28. The number of benzene rings is 1. The lowest BCUT2D eigenvalue weighted by molar-refractivity contribution is -0.384. The van der Waals surface area contributed by atoms with Gasteiger partial charge in [0.2, 0.25) is 0 Å². The minimum absolute atomic E-state index is 0.0276. The number of aliphatic hydroxyl groups is 1. The van der Waals surface area contributed by atoms with E-state index >= 15 is 0 Å². The maximum absolute atomic E-state index is 10.6. The lowest BCUT2D eigenvalue weighted by atomic mass is 10.2. The molecule has 1 N–H and O–H groups in total. The average Bonchev–Trinajstić information content (AvgIpc) is 3.20. The predicted molar refractivity (Wildman–Crippen MR) is 106 cm³/mol. The van der Waals surface area contributed by atoms with Crippen LogP contribution in [-0.2, 0) is 6.42 Å². The standard InChI is InChI=1S/C19H25N3O4S/c23-17(15-26-18-5-3-16(4-6-18)22(24)25)14-21-11-9-20(10-12-21)8-7-19-2-1-13-27-19/h1-6,13,17,23H,7-12,14-15H2. The normalized spacial score (nSPS) is 16.9. The van der Waals surface area contributed by atoms with E-state index in [0.717, 1.165) is 39.1 Å². The van der Waals surface area contributed by atoms with Gasteiger partial charge in [0.15, 0.2) is 0 Å². The highest BCUT2D eigenvalue weighted by atomic mass is 32.1. The second-order valence-corrected chi connectivity index (χ2v) is 7.72. The number of piperazine rings is 1. The van der Waals surface area contributed by atoms with Crippen LogP contribution in [-0.4, -0.2) is 71.8 Å². The fraction of sp³-hybridized carbons (Fsp3) is 0.474. The Kier molecular flexibility index (Phi) is 7.17. The van der Waals surface area contributed by atoms with E-state index in [2.05, 4.69) is 27.3 Å². The van der Waals surface area contributed by atoms with E-state index in [1.165, 1.54) is 17.0 Å². The van der Waals surface area contributed by atoms with Gasteiger partial charge in [0.25, 0.3) is 5.69 Å². The van der Waals surface area contributed by atoms with Crippen molar-refractivity contribution in [2.75, 3.05) is 45.9 Å². The van der Waals surface area contributed by atoms with E-state index in [1.54, 1.807) is 12.1 Å². The summed E-state index contributed by atoms with van der Waals surface area (Å²) in [6, 6.07) is 10.2. The van der Waals surface area contributed by atoms with Crippen LogP contribution in [0.1, 0.15) is 4.88 Å². The molecule has 0 amide bonds. The molecule has 1 aromatic carbocycles. The summed E-state index contributed by atoms with van der Waals surface area (Å²) in [5.41, 5.74) is 0.0276. The van der Waals surface area contributed by atoms with Gasteiger partial charge in [0.05, 0.1) is 4.92 Å². The van der Waals surface area contributed by atoms with Crippen molar-refractivity contribution in [2.24, 2.45) is 0 Å². The molecule has 8 heteroatoms. The Bertz CT molecular complexity index is 700. The highest BCUT2D eigenvalue weighted by molar-refractivity contribution is 7.09. The van der Waals surface area contributed by atoms with Crippen molar-refractivity contribution >= 4 is 17.0 Å². The maximum atomic E-state index is 10.6. The maximum Gasteiger partial charge on any atom is 0.269 e. The summed E-state index contributed by atoms with van der Waals surface area (Å²) >= 11 is 1.81. The first-order chi connectivity index (χ1) is 13.1. The average molecular weight is 391 g/mol. The van der Waals surface area contributed by atoms with Gasteiger partial charge in [0, 0.05) is 56.3 Å². The smallest absolute Gasteiger partial charge is 0.269 e. The minimum atomic E-state index is -0.585. The number of aliphatic hydroxyl groups excluding tert-OH is 1. The first kappa shape index (κ1) is 19.8. The Morgan fingerprint density at radius 2 is 1.85 bits per heavy atom. The molecule has 0 aliphatic carbocycles. The van der Waals surface area contributed by atoms with E-state index in [4.69, 9.17) is 4.74 Å². The largest absolute Gasteiger partial charge is 0.491 e. The Morgan fingerprint density at radius 1 is 1.15 bits per heavy atom. The molecule has 2 aromatic rings. The molecule has 3 rings (SSSR count). The van der Waals surface area contributed by atoms with E-state index in [9.17, 15) is 15.2 Å². The number of hydrogen-bond donors (Lipinski definition) is 1. The van der Waals surface area contributed by atoms with E-state index in [1.807, 2.05) is 11.3 Å². The first-order valence-corrected chi connectivity index (χ1v) is 10.0. The van der Waals surface area contributed by atoms with Gasteiger partial charge >= 0.3 is 0 Å². The van der Waals surface area contributed by atoms with Crippen LogP contribution in [0, 0.1) is 10.1 Å². The van der Waals surface area contributed by atoms with Gasteiger partial charge < -0.3 is 14.7 Å². The molecule has 7 nitrogen and oxygen atoms in total. The number of rotatable bonds is 9. The van der Waals surface area contributed by atoms with Crippen LogP contribution >= 0.6 is 11.3 Å². The summed E-state index contributed by atoms with van der Waals surface area (Å²) in [6.45, 7) is 5.75. The molecule has 1 unspecified atom stereocenters. The topological polar surface area (TPSA) is 79.1 Å². The van der Waals surface area contributed by atoms with Crippen LogP contribution in [0.3, 0.4) is 0 Å². The number of nitrogens with zero attached hydrogens (tertiary/aromatic N) is 3. The molecule has 1 aliphatic heterocycles. The van der Waals surface area contributed by atoms with Crippen LogP contribution in [0.25, 0.3) is 0 Å². The van der Waals surface area contributed by atoms with Crippen LogP contribution in [0.2, 0.25) is 0 Å². The molecular weight excluding hydrogens is 366 g/mol. The zero-order valence-electron chi connectivity index (χ0n) is 15.2. The van der Waals surface area contributed by atoms with Crippen molar-refractivity contribution in [1.29, 1.82) is 0 Å². The quantitative estimate of drug-likeness (QED) is 0.522. The summed E-state index contributed by atoms with van der Waals surface area (Å²) in [6.07, 6.45) is 0.515. The Hall–Kier alpha value is -2.00. The summed E-state index contributed by atoms with van der Waals surface area (Å²) in [5.74, 6) is 0.526. The van der Waals surface area contributed by atoms with Crippen molar-refractivity contribution in [3.63, 3.8) is 0 Å². The Labute approximate surface area is 162 Å².